The Morgan fingerprint density at radius 3 is 2.86 bits per heavy atom. The molecule has 1 unspecified atom stereocenters. The van der Waals surface area contributed by atoms with Crippen LogP contribution in [-0.2, 0) is 17.6 Å². The fourth-order valence-corrected chi connectivity index (χ4v) is 2.75. The van der Waals surface area contributed by atoms with Crippen LogP contribution in [0.1, 0.15) is 29.3 Å². The number of fused-ring (bicyclic) bond motifs is 1. The molecule has 0 fully saturated rings. The number of nitrogens with one attached hydrogen (secondary N) is 2. The van der Waals surface area contributed by atoms with Gasteiger partial charge in [0.15, 0.2) is 0 Å². The van der Waals surface area contributed by atoms with E-state index in [0.29, 0.717) is 6.42 Å². The van der Waals surface area contributed by atoms with E-state index in [1.54, 1.807) is 7.05 Å². The third-order valence-electron chi connectivity index (χ3n) is 3.90. The van der Waals surface area contributed by atoms with Crippen molar-refractivity contribution in [3.05, 3.63) is 59.4 Å². The Balaban J connectivity index is 1.68. The Morgan fingerprint density at radius 1 is 1.29 bits per heavy atom. The van der Waals surface area contributed by atoms with Crippen LogP contribution in [0.15, 0.2) is 42.6 Å². The minimum absolute atomic E-state index is 0.0321. The molecule has 0 aliphatic heterocycles. The summed E-state index contributed by atoms with van der Waals surface area (Å²) >= 11 is 0. The third-order valence-corrected chi connectivity index (χ3v) is 3.90. The van der Waals surface area contributed by atoms with Crippen molar-refractivity contribution in [3.63, 3.8) is 0 Å². The van der Waals surface area contributed by atoms with Gasteiger partial charge in [0.05, 0.1) is 18.2 Å². The molecule has 2 N–H and O–H groups in total. The van der Waals surface area contributed by atoms with E-state index < -0.39 is 0 Å². The fourth-order valence-electron chi connectivity index (χ4n) is 2.75. The van der Waals surface area contributed by atoms with E-state index in [0.717, 1.165) is 29.8 Å². The molecule has 21 heavy (non-hydrogen) atoms. The maximum atomic E-state index is 11.3. The van der Waals surface area contributed by atoms with Gasteiger partial charge in [0.25, 0.3) is 0 Å². The Morgan fingerprint density at radius 2 is 2.10 bits per heavy atom. The van der Waals surface area contributed by atoms with Crippen LogP contribution in [-0.4, -0.2) is 17.9 Å². The number of benzene rings is 1. The van der Waals surface area contributed by atoms with Crippen molar-refractivity contribution >= 4 is 11.6 Å². The van der Waals surface area contributed by atoms with Gasteiger partial charge in [-0.25, -0.2) is 0 Å². The SMILES string of the molecule is CNC(=O)Cc1ccc(NC2CCc3cccnc32)cc1. The van der Waals surface area contributed by atoms with Crippen LogP contribution in [0.3, 0.4) is 0 Å². The molecular formula is C17H19N3O. The summed E-state index contributed by atoms with van der Waals surface area (Å²) in [6.45, 7) is 0. The molecule has 1 aliphatic carbocycles. The van der Waals surface area contributed by atoms with Crippen molar-refractivity contribution < 1.29 is 4.79 Å². The van der Waals surface area contributed by atoms with Crippen LogP contribution < -0.4 is 10.6 Å². The lowest BCUT2D eigenvalue weighted by atomic mass is 10.1. The van der Waals surface area contributed by atoms with Crippen molar-refractivity contribution in [1.29, 1.82) is 0 Å². The highest BCUT2D eigenvalue weighted by Crippen LogP contribution is 2.31. The topological polar surface area (TPSA) is 54.0 Å². The van der Waals surface area contributed by atoms with Gasteiger partial charge in [-0.1, -0.05) is 18.2 Å². The first-order valence-corrected chi connectivity index (χ1v) is 7.26. The fraction of sp³-hybridized carbons (Fsp3) is 0.294. The molecule has 3 rings (SSSR count). The van der Waals surface area contributed by atoms with Gasteiger partial charge < -0.3 is 10.6 Å². The molecular weight excluding hydrogens is 262 g/mol. The molecule has 1 aliphatic rings. The minimum Gasteiger partial charge on any atom is -0.377 e. The van der Waals surface area contributed by atoms with Crippen LogP contribution >= 0.6 is 0 Å². The Bertz CT molecular complexity index is 637. The molecule has 1 atom stereocenters. The quantitative estimate of drug-likeness (QED) is 0.905. The number of carbonyl (C=O) groups excluding carboxylic acids is 1. The summed E-state index contributed by atoms with van der Waals surface area (Å²) in [5.74, 6) is 0.0321. The standard InChI is InChI=1S/C17H19N3O/c1-18-16(21)11-12-4-7-14(8-5-12)20-15-9-6-13-3-2-10-19-17(13)15/h2-5,7-8,10,15,20H,6,9,11H2,1H3,(H,18,21). The van der Waals surface area contributed by atoms with Crippen molar-refractivity contribution in [3.8, 4) is 0 Å². The molecule has 108 valence electrons. The van der Waals surface area contributed by atoms with Gasteiger partial charge in [-0.05, 0) is 42.2 Å². The predicted octanol–water partition coefficient (Wildman–Crippen LogP) is 2.47. The number of anilines is 1. The normalized spacial score (nSPS) is 16.3. The molecule has 2 aromatic rings. The number of hydrogen-bond acceptors (Lipinski definition) is 3. The molecule has 4 nitrogen and oxygen atoms in total. The third kappa shape index (κ3) is 3.05. The second kappa shape index (κ2) is 5.95. The van der Waals surface area contributed by atoms with E-state index in [-0.39, 0.29) is 11.9 Å². The molecule has 0 bridgehead atoms. The zero-order chi connectivity index (χ0) is 14.7. The van der Waals surface area contributed by atoms with Crippen LogP contribution in [0.4, 0.5) is 5.69 Å². The number of aromatic nitrogens is 1. The lowest BCUT2D eigenvalue weighted by Gasteiger charge is -2.15. The summed E-state index contributed by atoms with van der Waals surface area (Å²) in [5.41, 5.74) is 4.59. The first-order valence-electron chi connectivity index (χ1n) is 7.26. The van der Waals surface area contributed by atoms with Crippen molar-refractivity contribution in [1.82, 2.24) is 10.3 Å². The molecule has 0 saturated carbocycles. The van der Waals surface area contributed by atoms with Gasteiger partial charge in [0, 0.05) is 18.9 Å². The van der Waals surface area contributed by atoms with Crippen molar-refractivity contribution in [2.75, 3.05) is 12.4 Å². The van der Waals surface area contributed by atoms with Crippen molar-refractivity contribution in [2.45, 2.75) is 25.3 Å². The van der Waals surface area contributed by atoms with Gasteiger partial charge in [0.1, 0.15) is 0 Å². The first-order chi connectivity index (χ1) is 10.3. The van der Waals surface area contributed by atoms with Gasteiger partial charge >= 0.3 is 0 Å². The number of rotatable bonds is 4. The number of hydrogen-bond donors (Lipinski definition) is 2. The van der Waals surface area contributed by atoms with E-state index in [1.807, 2.05) is 36.5 Å². The molecule has 1 aromatic carbocycles. The molecule has 4 heteroatoms. The smallest absolute Gasteiger partial charge is 0.224 e. The summed E-state index contributed by atoms with van der Waals surface area (Å²) in [6.07, 6.45) is 4.43. The van der Waals surface area contributed by atoms with E-state index in [2.05, 4.69) is 21.7 Å². The van der Waals surface area contributed by atoms with Gasteiger partial charge in [-0.2, -0.15) is 0 Å². The van der Waals surface area contributed by atoms with Crippen LogP contribution in [0.5, 0.6) is 0 Å². The number of likely N-dealkylation sites (N-methyl/N-ethyl adjacent to an activating group) is 1. The number of amides is 1. The number of nitrogens with zero attached hydrogens (tertiary/aromatic N) is 1. The second-order valence-corrected chi connectivity index (χ2v) is 5.33. The van der Waals surface area contributed by atoms with E-state index in [4.69, 9.17) is 0 Å². The van der Waals surface area contributed by atoms with E-state index in [1.165, 1.54) is 5.56 Å². The van der Waals surface area contributed by atoms with Crippen molar-refractivity contribution in [2.24, 2.45) is 0 Å². The minimum atomic E-state index is 0.0321. The monoisotopic (exact) mass is 281 g/mol. The number of aryl methyl sites for hydroxylation is 1. The van der Waals surface area contributed by atoms with E-state index >= 15 is 0 Å². The van der Waals surface area contributed by atoms with E-state index in [9.17, 15) is 4.79 Å². The highest BCUT2D eigenvalue weighted by atomic mass is 16.1. The second-order valence-electron chi connectivity index (χ2n) is 5.33. The molecule has 1 aromatic heterocycles. The maximum Gasteiger partial charge on any atom is 0.224 e. The predicted molar refractivity (Wildman–Crippen MR) is 83.1 cm³/mol. The summed E-state index contributed by atoms with van der Waals surface area (Å²) in [6, 6.07) is 12.5. The van der Waals surface area contributed by atoms with Crippen LogP contribution in [0.25, 0.3) is 0 Å². The summed E-state index contributed by atoms with van der Waals surface area (Å²) < 4.78 is 0. The summed E-state index contributed by atoms with van der Waals surface area (Å²) in [4.78, 5) is 15.8. The van der Waals surface area contributed by atoms with Crippen LogP contribution in [0, 0.1) is 0 Å². The molecule has 0 saturated heterocycles. The Kier molecular flexibility index (Phi) is 3.86. The average molecular weight is 281 g/mol. The highest BCUT2D eigenvalue weighted by Gasteiger charge is 2.23. The van der Waals surface area contributed by atoms with Gasteiger partial charge in [-0.15, -0.1) is 0 Å². The van der Waals surface area contributed by atoms with Crippen LogP contribution in [0.2, 0.25) is 0 Å². The summed E-state index contributed by atoms with van der Waals surface area (Å²) in [5, 5.41) is 6.16. The van der Waals surface area contributed by atoms with Gasteiger partial charge in [0.2, 0.25) is 5.91 Å². The maximum absolute atomic E-state index is 11.3. The highest BCUT2D eigenvalue weighted by molar-refractivity contribution is 5.78. The molecule has 0 radical (unpaired) electrons. The number of pyridine rings is 1. The largest absolute Gasteiger partial charge is 0.377 e. The number of carbonyl (C=O) groups is 1. The molecule has 0 spiro atoms. The molecule has 1 heterocycles. The Hall–Kier alpha value is -2.36. The summed E-state index contributed by atoms with van der Waals surface area (Å²) in [7, 11) is 1.66. The zero-order valence-electron chi connectivity index (χ0n) is 12.1. The lowest BCUT2D eigenvalue weighted by Crippen LogP contribution is -2.19. The lowest BCUT2D eigenvalue weighted by molar-refractivity contribution is -0.119. The average Bonchev–Trinajstić information content (AvgIpc) is 2.92. The molecule has 1 amide bonds. The zero-order valence-corrected chi connectivity index (χ0v) is 12.1. The Labute approximate surface area is 124 Å². The first kappa shape index (κ1) is 13.6. The van der Waals surface area contributed by atoms with Gasteiger partial charge in [-0.3, -0.25) is 9.78 Å².